The molecule has 1 amide bonds. The Hall–Kier alpha value is -2.64. The number of hydrogen-bond acceptors (Lipinski definition) is 5. The van der Waals surface area contributed by atoms with Crippen molar-refractivity contribution in [2.75, 3.05) is 26.9 Å². The Bertz CT molecular complexity index is 953. The molecule has 0 spiro atoms. The number of ether oxygens (including phenoxy) is 2. The Balaban J connectivity index is 2.04. The van der Waals surface area contributed by atoms with Gasteiger partial charge in [-0.05, 0) is 42.7 Å². The van der Waals surface area contributed by atoms with E-state index < -0.39 is 17.7 Å². The molecule has 0 aromatic heterocycles. The summed E-state index contributed by atoms with van der Waals surface area (Å²) in [7, 11) is 1.59. The Morgan fingerprint density at radius 1 is 1.06 bits per heavy atom. The predicted molar refractivity (Wildman–Crippen MR) is 122 cm³/mol. The summed E-state index contributed by atoms with van der Waals surface area (Å²) in [5.74, 6) is -0.772. The molecule has 1 atom stereocenters. The summed E-state index contributed by atoms with van der Waals surface area (Å²) in [5, 5.41) is 11.0. The van der Waals surface area contributed by atoms with E-state index >= 15 is 0 Å². The van der Waals surface area contributed by atoms with Crippen LogP contribution in [0.3, 0.4) is 0 Å². The van der Waals surface area contributed by atoms with E-state index in [-0.39, 0.29) is 11.3 Å². The van der Waals surface area contributed by atoms with Crippen molar-refractivity contribution in [2.24, 2.45) is 0 Å². The largest absolute Gasteiger partial charge is 0.507 e. The monoisotopic (exact) mass is 487 g/mol. The molecule has 1 aliphatic heterocycles. The molecular weight excluding hydrogens is 462 g/mol. The molecule has 0 aliphatic carbocycles. The van der Waals surface area contributed by atoms with Crippen molar-refractivity contribution < 1.29 is 24.2 Å². The fraction of sp³-hybridized carbons (Fsp3) is 0.333. The van der Waals surface area contributed by atoms with Crippen LogP contribution in [0.15, 0.2) is 58.6 Å². The average Bonchev–Trinajstić information content (AvgIpc) is 3.03. The van der Waals surface area contributed by atoms with Crippen LogP contribution in [0.4, 0.5) is 0 Å². The number of amides is 1. The lowest BCUT2D eigenvalue weighted by Gasteiger charge is -2.25. The summed E-state index contributed by atoms with van der Waals surface area (Å²) in [4.78, 5) is 27.3. The summed E-state index contributed by atoms with van der Waals surface area (Å²) in [5.41, 5.74) is 1.30. The number of hydrogen-bond donors (Lipinski definition) is 1. The van der Waals surface area contributed by atoms with Crippen molar-refractivity contribution in [1.29, 1.82) is 0 Å². The van der Waals surface area contributed by atoms with E-state index in [1.807, 2.05) is 31.2 Å². The van der Waals surface area contributed by atoms with Crippen LogP contribution in [0.5, 0.6) is 5.75 Å². The fourth-order valence-electron chi connectivity index (χ4n) is 3.57. The van der Waals surface area contributed by atoms with Gasteiger partial charge < -0.3 is 19.5 Å². The maximum atomic E-state index is 12.9. The van der Waals surface area contributed by atoms with Gasteiger partial charge in [0.25, 0.3) is 11.7 Å². The third kappa shape index (κ3) is 5.17. The first-order valence-electron chi connectivity index (χ1n) is 10.2. The number of aliphatic hydroxyl groups is 1. The predicted octanol–water partition coefficient (Wildman–Crippen LogP) is 4.70. The highest BCUT2D eigenvalue weighted by Gasteiger charge is 2.45. The van der Waals surface area contributed by atoms with Crippen LogP contribution in [-0.4, -0.2) is 48.6 Å². The second-order valence-electron chi connectivity index (χ2n) is 7.26. The highest BCUT2D eigenvalue weighted by atomic mass is 79.9. The molecule has 1 unspecified atom stereocenters. The summed E-state index contributed by atoms with van der Waals surface area (Å²) >= 11 is 3.37. The molecular formula is C24H26BrNO5. The lowest BCUT2D eigenvalue weighted by atomic mass is 9.95. The van der Waals surface area contributed by atoms with Gasteiger partial charge in [-0.3, -0.25) is 9.59 Å². The van der Waals surface area contributed by atoms with Crippen LogP contribution < -0.4 is 4.74 Å². The fourth-order valence-corrected chi connectivity index (χ4v) is 3.83. The lowest BCUT2D eigenvalue weighted by molar-refractivity contribution is -0.140. The zero-order valence-corrected chi connectivity index (χ0v) is 19.2. The van der Waals surface area contributed by atoms with Gasteiger partial charge >= 0.3 is 0 Å². The van der Waals surface area contributed by atoms with Crippen LogP contribution >= 0.6 is 15.9 Å². The van der Waals surface area contributed by atoms with E-state index in [2.05, 4.69) is 15.9 Å². The Morgan fingerprint density at radius 2 is 1.74 bits per heavy atom. The number of carbonyl (C=O) groups excluding carboxylic acids is 2. The molecule has 164 valence electrons. The van der Waals surface area contributed by atoms with Gasteiger partial charge in [-0.25, -0.2) is 0 Å². The normalized spacial score (nSPS) is 17.9. The Morgan fingerprint density at radius 3 is 2.35 bits per heavy atom. The highest BCUT2D eigenvalue weighted by Crippen LogP contribution is 2.40. The molecule has 1 fully saturated rings. The molecule has 2 aromatic carbocycles. The number of methoxy groups -OCH3 is 1. The molecule has 0 bridgehead atoms. The molecule has 1 heterocycles. The first-order valence-corrected chi connectivity index (χ1v) is 11.0. The van der Waals surface area contributed by atoms with Gasteiger partial charge in [0.1, 0.15) is 11.5 Å². The second-order valence-corrected chi connectivity index (χ2v) is 8.18. The topological polar surface area (TPSA) is 76.1 Å². The number of likely N-dealkylation sites (tertiary alicyclic amines) is 1. The standard InChI is InChI=1S/C24H26BrNO5/c1-3-14-31-19-11-7-16(8-12-19)21-20(22(27)17-5-9-18(25)10-6-17)23(28)24(29)26(21)13-4-15-30-2/h5-12,21,27H,3-4,13-15H2,1-2H3/b22-20+. The summed E-state index contributed by atoms with van der Waals surface area (Å²) in [6, 6.07) is 13.6. The van der Waals surface area contributed by atoms with E-state index in [0.29, 0.717) is 31.7 Å². The lowest BCUT2D eigenvalue weighted by Crippen LogP contribution is -2.31. The number of carbonyl (C=O) groups is 2. The van der Waals surface area contributed by atoms with Gasteiger partial charge in [-0.1, -0.05) is 47.1 Å². The van der Waals surface area contributed by atoms with E-state index in [0.717, 1.165) is 22.2 Å². The smallest absolute Gasteiger partial charge is 0.295 e. The van der Waals surface area contributed by atoms with E-state index in [1.54, 1.807) is 31.4 Å². The molecule has 7 heteroatoms. The third-order valence-corrected chi connectivity index (χ3v) is 5.60. The molecule has 0 saturated carbocycles. The Kier molecular flexibility index (Phi) is 7.87. The summed E-state index contributed by atoms with van der Waals surface area (Å²) in [6.45, 7) is 3.45. The van der Waals surface area contributed by atoms with Gasteiger partial charge in [-0.15, -0.1) is 0 Å². The number of aliphatic hydroxyl groups excluding tert-OH is 1. The van der Waals surface area contributed by atoms with E-state index in [9.17, 15) is 14.7 Å². The maximum absolute atomic E-state index is 12.9. The SMILES string of the molecule is CCCOc1ccc(C2/C(=C(\O)c3ccc(Br)cc3)C(=O)C(=O)N2CCCOC)cc1. The van der Waals surface area contributed by atoms with Gasteiger partial charge in [0.05, 0.1) is 18.2 Å². The molecule has 31 heavy (non-hydrogen) atoms. The maximum Gasteiger partial charge on any atom is 0.295 e. The molecule has 6 nitrogen and oxygen atoms in total. The zero-order valence-electron chi connectivity index (χ0n) is 17.6. The molecule has 2 aromatic rings. The first-order chi connectivity index (χ1) is 15.0. The van der Waals surface area contributed by atoms with E-state index in [1.165, 1.54) is 4.90 Å². The van der Waals surface area contributed by atoms with E-state index in [4.69, 9.17) is 9.47 Å². The highest BCUT2D eigenvalue weighted by molar-refractivity contribution is 9.10. The molecule has 0 radical (unpaired) electrons. The average molecular weight is 488 g/mol. The number of Topliss-reactive ketones (excluding diaryl/α,β-unsaturated/α-hetero) is 1. The van der Waals surface area contributed by atoms with Gasteiger partial charge in [0.15, 0.2) is 0 Å². The first kappa shape index (κ1) is 23.0. The van der Waals surface area contributed by atoms with Crippen LogP contribution in [0.25, 0.3) is 5.76 Å². The zero-order chi connectivity index (χ0) is 22.4. The number of benzene rings is 2. The van der Waals surface area contributed by atoms with Crippen LogP contribution in [0.2, 0.25) is 0 Å². The van der Waals surface area contributed by atoms with Crippen LogP contribution in [-0.2, 0) is 14.3 Å². The number of ketones is 1. The quantitative estimate of drug-likeness (QED) is 0.240. The number of halogens is 1. The van der Waals surface area contributed by atoms with Gasteiger partial charge in [0, 0.05) is 30.3 Å². The minimum absolute atomic E-state index is 0.0898. The van der Waals surface area contributed by atoms with Crippen molar-refractivity contribution in [3.8, 4) is 5.75 Å². The van der Waals surface area contributed by atoms with Crippen molar-refractivity contribution in [3.05, 3.63) is 69.7 Å². The molecule has 3 rings (SSSR count). The summed E-state index contributed by atoms with van der Waals surface area (Å²) in [6.07, 6.45) is 1.48. The summed E-state index contributed by atoms with van der Waals surface area (Å²) < 4.78 is 11.6. The second kappa shape index (κ2) is 10.6. The van der Waals surface area contributed by atoms with Crippen molar-refractivity contribution in [1.82, 2.24) is 4.90 Å². The van der Waals surface area contributed by atoms with Gasteiger partial charge in [-0.2, -0.15) is 0 Å². The molecule has 1 aliphatic rings. The van der Waals surface area contributed by atoms with Gasteiger partial charge in [0.2, 0.25) is 0 Å². The molecule has 1 N–H and O–H groups in total. The number of nitrogens with zero attached hydrogens (tertiary/aromatic N) is 1. The molecule has 1 saturated heterocycles. The minimum atomic E-state index is -0.686. The minimum Gasteiger partial charge on any atom is -0.507 e. The van der Waals surface area contributed by atoms with Crippen LogP contribution in [0.1, 0.15) is 36.9 Å². The third-order valence-electron chi connectivity index (χ3n) is 5.07. The van der Waals surface area contributed by atoms with Crippen LogP contribution in [0, 0.1) is 0 Å². The van der Waals surface area contributed by atoms with Crippen molar-refractivity contribution in [3.63, 3.8) is 0 Å². The number of rotatable bonds is 9. The Labute approximate surface area is 190 Å². The van der Waals surface area contributed by atoms with Crippen molar-refractivity contribution in [2.45, 2.75) is 25.8 Å². The van der Waals surface area contributed by atoms with Crippen molar-refractivity contribution >= 4 is 33.4 Å².